The number of nitrogens with one attached hydrogen (secondary N) is 13. The maximum Gasteiger partial charge on any atom is 0.305 e. The van der Waals surface area contributed by atoms with Gasteiger partial charge in [-0.15, -0.1) is 11.8 Å². The Morgan fingerprint density at radius 2 is 1.08 bits per heavy atom. The van der Waals surface area contributed by atoms with E-state index < -0.39 is 260 Å². The number of fused-ring (bicyclic) bond motifs is 4. The summed E-state index contributed by atoms with van der Waals surface area (Å²) in [6.07, 6.45) is 2.04. The number of aromatic amines is 3. The zero-order valence-corrected chi connectivity index (χ0v) is 74.7. The lowest BCUT2D eigenvalue weighted by atomic mass is 10.00. The third-order valence-corrected chi connectivity index (χ3v) is 24.4. The molecule has 44 heteroatoms. The number of unbranched alkanes of at least 4 members (excludes halogenated alkanes) is 2. The second kappa shape index (κ2) is 47.7. The molecule has 3 aromatic carbocycles. The minimum absolute atomic E-state index is 0.000257. The average molecular weight is 1840 g/mol. The molecule has 9 rings (SSSR count). The van der Waals surface area contributed by atoms with Gasteiger partial charge in [-0.3, -0.25) is 86.3 Å². The van der Waals surface area contributed by atoms with Gasteiger partial charge in [0.15, 0.2) is 0 Å². The average Bonchev–Trinajstić information content (AvgIpc) is 1.62. The van der Waals surface area contributed by atoms with E-state index >= 15 is 33.6 Å². The van der Waals surface area contributed by atoms with Crippen LogP contribution in [-0.4, -0.2) is 321 Å². The van der Waals surface area contributed by atoms with Gasteiger partial charge in [-0.1, -0.05) is 88.1 Å². The third-order valence-electron chi connectivity index (χ3n) is 23.4. The molecule has 21 N–H and O–H groups in total. The Balaban J connectivity index is 1.08. The number of amides is 17. The van der Waals surface area contributed by atoms with Gasteiger partial charge in [0.1, 0.15) is 90.3 Å². The number of nitrogens with zero attached hydrogens (tertiary/aromatic N) is 6. The van der Waals surface area contributed by atoms with E-state index in [1.54, 1.807) is 60.9 Å². The van der Waals surface area contributed by atoms with E-state index in [9.17, 15) is 73.2 Å². The van der Waals surface area contributed by atoms with Crippen LogP contribution in [0.5, 0.6) is 5.75 Å². The number of rotatable bonds is 23. The number of phenolic OH excluding ortho intramolecular Hbond substituents is 1. The largest absolute Gasteiger partial charge is 0.508 e. The number of aliphatic hydroxyl groups is 2. The Bertz CT molecular complexity index is 5130. The molecule has 6 aromatic rings. The van der Waals surface area contributed by atoms with Gasteiger partial charge < -0.3 is 125 Å². The maximum absolute atomic E-state index is 15.6. The van der Waals surface area contributed by atoms with E-state index in [4.69, 9.17) is 11.5 Å². The molecule has 3 aliphatic rings. The molecule has 43 nitrogen and oxygen atoms in total. The minimum Gasteiger partial charge on any atom is -0.508 e. The first-order chi connectivity index (χ1) is 62.4. The van der Waals surface area contributed by atoms with Gasteiger partial charge >= 0.3 is 5.97 Å². The lowest BCUT2D eigenvalue weighted by molar-refractivity contribution is -0.149. The number of aromatic nitrogens is 4. The lowest BCUT2D eigenvalue weighted by Crippen LogP contribution is -2.61. The Hall–Kier alpha value is -13.5. The fraction of sp³-hybridized carbons (Fsp3) is 0.506. The molecule has 131 heavy (non-hydrogen) atoms. The Morgan fingerprint density at radius 3 is 1.68 bits per heavy atom. The summed E-state index contributed by atoms with van der Waals surface area (Å²) in [5.41, 5.74) is 13.8. The van der Waals surface area contributed by atoms with Crippen molar-refractivity contribution in [3.63, 3.8) is 0 Å². The molecular formula is C87H117N21O22S. The van der Waals surface area contributed by atoms with Gasteiger partial charge in [0, 0.05) is 125 Å². The summed E-state index contributed by atoms with van der Waals surface area (Å²) in [4.78, 5) is 278. The summed E-state index contributed by atoms with van der Waals surface area (Å²) in [5, 5.41) is 69.8. The number of nitrogens with two attached hydrogens (primary N) is 2. The zero-order chi connectivity index (χ0) is 95.6. The predicted octanol–water partition coefficient (Wildman–Crippen LogP) is -3.35. The zero-order valence-electron chi connectivity index (χ0n) is 73.8. The van der Waals surface area contributed by atoms with Crippen LogP contribution < -0.4 is 64.6 Å². The Labute approximate surface area is 758 Å². The van der Waals surface area contributed by atoms with Gasteiger partial charge in [-0.05, 0) is 86.9 Å². The number of hydrogen-bond acceptors (Lipinski definition) is 23. The van der Waals surface area contributed by atoms with Crippen LogP contribution in [0.3, 0.4) is 0 Å². The first-order valence-electron chi connectivity index (χ1n) is 43.3. The molecule has 3 aliphatic heterocycles. The van der Waals surface area contributed by atoms with Crippen LogP contribution >= 0.6 is 11.8 Å². The minimum atomic E-state index is -1.93. The van der Waals surface area contributed by atoms with Gasteiger partial charge in [0.25, 0.3) is 0 Å². The van der Waals surface area contributed by atoms with E-state index in [2.05, 4.69) is 73.1 Å². The van der Waals surface area contributed by atoms with Crippen molar-refractivity contribution in [2.45, 2.75) is 221 Å². The van der Waals surface area contributed by atoms with Gasteiger partial charge in [-0.2, -0.15) is 0 Å². The molecular weight excluding hydrogens is 1720 g/mol. The molecule has 708 valence electrons. The molecule has 0 saturated carbocycles. The molecule has 0 spiro atoms. The maximum atomic E-state index is 15.6. The number of imidazole rings is 1. The first kappa shape index (κ1) is 101. The Morgan fingerprint density at radius 1 is 0.542 bits per heavy atom. The number of phenols is 1. The number of aliphatic carboxylic acids is 1. The number of likely N-dealkylation sites (N-methyl/N-ethyl adjacent to an activating group) is 3. The van der Waals surface area contributed by atoms with E-state index in [0.717, 1.165) is 36.3 Å². The van der Waals surface area contributed by atoms with Gasteiger partial charge in [0.2, 0.25) is 100 Å². The number of carboxylic acids is 1. The SMILES string of the molecule is CCCC[C@H]1C(=O)N(C)[C@@H](CCCC)C(=O)N[C@@H](C)C(=O)N[C@H](C(=O)NCC(N)=O)CSCC(=O)N[C@@H](Cc2ccc(O)cc2)C(=O)N(C)[C@@H](C)C(=O)N[C@@H](CC(=O)O)C(=O)N2CCC[C@H]2C(=O)N[C@@H](Cc2cnc[nH]2)C(=O)N[C@@H](CCC(N)=O)C(=O)N2C[C@H](O)C[C@H]2C(=O)N[C@@H](Cc2c[nH]c3ccccc23)C(=O)N[C@@H](CO)C(=O)N[C@@H](Cc2c[nH]c3ccccc23)C(=O)N1C. The van der Waals surface area contributed by atoms with Crippen molar-refractivity contribution in [2.75, 3.05) is 58.9 Å². The van der Waals surface area contributed by atoms with E-state index in [1.807, 2.05) is 13.8 Å². The highest BCUT2D eigenvalue weighted by molar-refractivity contribution is 8.00. The van der Waals surface area contributed by atoms with Crippen molar-refractivity contribution >= 4 is 140 Å². The molecule has 0 radical (unpaired) electrons. The molecule has 3 saturated heterocycles. The fourth-order valence-electron chi connectivity index (χ4n) is 15.9. The first-order valence-corrected chi connectivity index (χ1v) is 44.5. The molecule has 0 bridgehead atoms. The molecule has 17 amide bonds. The topological polar surface area (TPSA) is 637 Å². The number of thioether (sulfide) groups is 1. The van der Waals surface area contributed by atoms with Crippen molar-refractivity contribution in [1.29, 1.82) is 0 Å². The standard InChI is InChI=1S/C87H117N21O22S/c1-8-10-21-66-80(123)95-46(3)74(117)103-65(76(119)93-40-71(89)113)43-131-44-72(114)96-61(31-48-24-26-52(110)27-25-48)83(126)104(5)47(4)75(118)100-63(36-73(115)116)86(129)107-30-16-23-67(107)81(124)99-60(34-51-39-90-45-94-51)78(121)97-58(28-29-70(88)112)85(128)108-41-53(111)35-69(108)82(125)98-59(32-49-37-91-56-19-14-12-17-54(49)56)77(120)102-64(42-109)79(122)101-62(33-50-38-92-57-20-15-13-18-55(50)57)84(127)106(7)68(22-11-9-2)87(130)105(66)6/h12-15,17-20,24-27,37-39,45-47,53,58-69,91-92,109-111H,8-11,16,21-23,28-36,40-44H2,1-7H3,(H2,88,112)(H2,89,113)(H,90,94)(H,93,119)(H,95,123)(H,96,114)(H,97,121)(H,98,125)(H,99,124)(H,100,118)(H,101,122)(H,102,120)(H,103,117)(H,115,116)/t46-,47-,53+,58-,59-,60-,61-,62-,63-,64-,65-,66-,67-,68-,69-/m0/s1. The molecule has 3 fully saturated rings. The number of carbonyl (C=O) groups is 18. The van der Waals surface area contributed by atoms with Crippen LogP contribution in [-0.2, 0) is 112 Å². The molecule has 3 aromatic heterocycles. The quantitative estimate of drug-likeness (QED) is 0.0298. The number of aromatic hydroxyl groups is 1. The van der Waals surface area contributed by atoms with Crippen LogP contribution in [0.4, 0.5) is 0 Å². The summed E-state index contributed by atoms with van der Waals surface area (Å²) in [6.45, 7) is 3.57. The molecule has 0 unspecified atom stereocenters. The van der Waals surface area contributed by atoms with Crippen LogP contribution in [0.1, 0.15) is 127 Å². The molecule has 0 aliphatic carbocycles. The lowest BCUT2D eigenvalue weighted by Gasteiger charge is -2.36. The summed E-state index contributed by atoms with van der Waals surface area (Å²) in [6, 6.07) is -3.17. The molecule has 6 heterocycles. The highest BCUT2D eigenvalue weighted by Gasteiger charge is 2.47. The summed E-state index contributed by atoms with van der Waals surface area (Å²) < 4.78 is 0. The number of primary amides is 2. The number of para-hydroxylation sites is 2. The van der Waals surface area contributed by atoms with E-state index in [1.165, 1.54) is 71.8 Å². The van der Waals surface area contributed by atoms with Gasteiger partial charge in [0.05, 0.1) is 37.8 Å². The van der Waals surface area contributed by atoms with Crippen molar-refractivity contribution in [2.24, 2.45) is 11.5 Å². The van der Waals surface area contributed by atoms with Crippen molar-refractivity contribution < 1.29 is 107 Å². The van der Waals surface area contributed by atoms with Crippen molar-refractivity contribution in [3.05, 3.63) is 120 Å². The number of carbonyl (C=O) groups excluding carboxylic acids is 17. The van der Waals surface area contributed by atoms with Crippen LogP contribution in [0, 0.1) is 0 Å². The number of hydrogen-bond donors (Lipinski definition) is 19. The Kier molecular flexibility index (Phi) is 36.9. The summed E-state index contributed by atoms with van der Waals surface area (Å²) in [5.74, 6) is -19.4. The van der Waals surface area contributed by atoms with Crippen LogP contribution in [0.2, 0.25) is 0 Å². The normalized spacial score (nSPS) is 25.1. The van der Waals surface area contributed by atoms with Gasteiger partial charge in [-0.25, -0.2) is 4.98 Å². The highest BCUT2D eigenvalue weighted by Crippen LogP contribution is 2.28. The highest BCUT2D eigenvalue weighted by atomic mass is 32.2. The number of carboxylic acid groups (broad SMARTS) is 1. The number of benzene rings is 3. The fourth-order valence-corrected chi connectivity index (χ4v) is 16.8. The predicted molar refractivity (Wildman–Crippen MR) is 474 cm³/mol. The van der Waals surface area contributed by atoms with Crippen LogP contribution in [0.15, 0.2) is 97.7 Å². The smallest absolute Gasteiger partial charge is 0.305 e. The van der Waals surface area contributed by atoms with Crippen LogP contribution in [0.25, 0.3) is 21.8 Å². The van der Waals surface area contributed by atoms with E-state index in [-0.39, 0.29) is 62.9 Å². The van der Waals surface area contributed by atoms with Crippen molar-refractivity contribution in [1.82, 2.24) is 97.6 Å². The summed E-state index contributed by atoms with van der Waals surface area (Å²) >= 11 is 0.760. The summed E-state index contributed by atoms with van der Waals surface area (Å²) in [7, 11) is 3.85. The molecule has 15 atom stereocenters. The second-order valence-electron chi connectivity index (χ2n) is 33.0. The number of aliphatic hydroxyl groups excluding tert-OH is 2. The third kappa shape index (κ3) is 27.5. The monoisotopic (exact) mass is 1840 g/mol. The second-order valence-corrected chi connectivity index (χ2v) is 34.0. The van der Waals surface area contributed by atoms with Crippen molar-refractivity contribution in [3.8, 4) is 5.75 Å². The number of H-pyrrole nitrogens is 3. The van der Waals surface area contributed by atoms with E-state index in [0.29, 0.717) is 64.2 Å².